The van der Waals surface area contributed by atoms with Gasteiger partial charge in [0.1, 0.15) is 5.69 Å². The Morgan fingerprint density at radius 3 is 2.92 bits per heavy atom. The number of fused-ring (bicyclic) bond motifs is 1. The third-order valence-corrected chi connectivity index (χ3v) is 4.35. The number of hydrogen-bond acceptors (Lipinski definition) is 5. The molecule has 0 unspecified atom stereocenters. The van der Waals surface area contributed by atoms with Crippen LogP contribution in [0.1, 0.15) is 35.1 Å². The highest BCUT2D eigenvalue weighted by atomic mass is 16.7. The SMILES string of the molecule is O=C(c1ccn[nH]1)N1Cc2ccnn2[C@@H](C(=O)N2CCCCO2)C1. The number of aromatic nitrogens is 4. The largest absolute Gasteiger partial charge is 0.329 e. The number of carbonyl (C=O) groups excluding carboxylic acids is 2. The van der Waals surface area contributed by atoms with Crippen molar-refractivity contribution in [2.24, 2.45) is 0 Å². The van der Waals surface area contributed by atoms with Crippen molar-refractivity contribution in [2.75, 3.05) is 19.7 Å². The number of nitrogens with one attached hydrogen (secondary N) is 1. The molecule has 24 heavy (non-hydrogen) atoms. The lowest BCUT2D eigenvalue weighted by atomic mass is 10.1. The van der Waals surface area contributed by atoms with Crippen LogP contribution in [-0.2, 0) is 16.2 Å². The molecule has 2 aliphatic heterocycles. The molecule has 4 rings (SSSR count). The fourth-order valence-corrected chi connectivity index (χ4v) is 3.11. The topological polar surface area (TPSA) is 96.3 Å². The minimum absolute atomic E-state index is 0.165. The number of nitrogens with zero attached hydrogens (tertiary/aromatic N) is 5. The normalized spacial score (nSPS) is 20.8. The van der Waals surface area contributed by atoms with Crippen LogP contribution >= 0.6 is 0 Å². The van der Waals surface area contributed by atoms with Crippen LogP contribution in [0.25, 0.3) is 0 Å². The Hall–Kier alpha value is -2.68. The Labute approximate surface area is 138 Å². The van der Waals surface area contributed by atoms with E-state index in [9.17, 15) is 9.59 Å². The predicted molar refractivity (Wildman–Crippen MR) is 81.5 cm³/mol. The second-order valence-electron chi connectivity index (χ2n) is 5.92. The first kappa shape index (κ1) is 14.9. The minimum atomic E-state index is -0.575. The summed E-state index contributed by atoms with van der Waals surface area (Å²) in [6.45, 7) is 1.77. The molecule has 2 aromatic rings. The number of aromatic amines is 1. The molecule has 0 radical (unpaired) electrons. The quantitative estimate of drug-likeness (QED) is 0.857. The summed E-state index contributed by atoms with van der Waals surface area (Å²) in [5.41, 5.74) is 1.23. The molecule has 1 atom stereocenters. The van der Waals surface area contributed by atoms with Crippen LogP contribution < -0.4 is 0 Å². The van der Waals surface area contributed by atoms with E-state index < -0.39 is 6.04 Å². The van der Waals surface area contributed by atoms with Gasteiger partial charge in [-0.3, -0.25) is 24.2 Å². The summed E-state index contributed by atoms with van der Waals surface area (Å²) in [6.07, 6.45) is 5.05. The summed E-state index contributed by atoms with van der Waals surface area (Å²) in [6, 6.07) is 2.87. The fourth-order valence-electron chi connectivity index (χ4n) is 3.11. The Morgan fingerprint density at radius 1 is 1.25 bits per heavy atom. The van der Waals surface area contributed by atoms with Crippen molar-refractivity contribution in [2.45, 2.75) is 25.4 Å². The van der Waals surface area contributed by atoms with E-state index in [1.165, 1.54) is 11.3 Å². The lowest BCUT2D eigenvalue weighted by Crippen LogP contribution is -2.49. The van der Waals surface area contributed by atoms with E-state index in [0.717, 1.165) is 18.5 Å². The van der Waals surface area contributed by atoms with Gasteiger partial charge >= 0.3 is 0 Å². The van der Waals surface area contributed by atoms with E-state index >= 15 is 0 Å². The van der Waals surface area contributed by atoms with Crippen LogP contribution in [0.3, 0.4) is 0 Å². The zero-order chi connectivity index (χ0) is 16.5. The zero-order valence-corrected chi connectivity index (χ0v) is 13.1. The standard InChI is InChI=1S/C15H18N6O3/c22-14(12-4-5-16-18-12)19-9-11-3-6-17-21(11)13(10-19)15(23)20-7-1-2-8-24-20/h3-6,13H,1-2,7-10H2,(H,16,18)/t13-/m1/s1. The average Bonchev–Trinajstić information content (AvgIpc) is 3.31. The maximum absolute atomic E-state index is 12.9. The molecule has 1 N–H and O–H groups in total. The highest BCUT2D eigenvalue weighted by Gasteiger charge is 2.36. The summed E-state index contributed by atoms with van der Waals surface area (Å²) in [5.74, 6) is -0.348. The molecule has 0 aliphatic carbocycles. The summed E-state index contributed by atoms with van der Waals surface area (Å²) >= 11 is 0. The van der Waals surface area contributed by atoms with E-state index in [0.29, 0.717) is 25.4 Å². The molecule has 1 saturated heterocycles. The van der Waals surface area contributed by atoms with E-state index in [4.69, 9.17) is 4.84 Å². The first-order valence-electron chi connectivity index (χ1n) is 7.99. The molecule has 9 nitrogen and oxygen atoms in total. The highest BCUT2D eigenvalue weighted by molar-refractivity contribution is 5.93. The van der Waals surface area contributed by atoms with Crippen LogP contribution in [0, 0.1) is 0 Å². The number of H-pyrrole nitrogens is 1. The van der Waals surface area contributed by atoms with Gasteiger partial charge in [0, 0.05) is 18.9 Å². The zero-order valence-electron chi connectivity index (χ0n) is 13.1. The summed E-state index contributed by atoms with van der Waals surface area (Å²) in [5, 5.41) is 12.2. The number of hydroxylamine groups is 2. The molecule has 0 spiro atoms. The predicted octanol–water partition coefficient (Wildman–Crippen LogP) is 0.357. The first-order chi connectivity index (χ1) is 11.7. The second kappa shape index (κ2) is 6.08. The second-order valence-corrected chi connectivity index (χ2v) is 5.92. The number of carbonyl (C=O) groups is 2. The van der Waals surface area contributed by atoms with Gasteiger partial charge in [-0.2, -0.15) is 10.2 Å². The lowest BCUT2D eigenvalue weighted by Gasteiger charge is -2.36. The Kier molecular flexibility index (Phi) is 3.77. The van der Waals surface area contributed by atoms with Gasteiger partial charge in [-0.15, -0.1) is 0 Å². The molecule has 2 amide bonds. The molecular formula is C15H18N6O3. The first-order valence-corrected chi connectivity index (χ1v) is 7.99. The van der Waals surface area contributed by atoms with Crippen molar-refractivity contribution < 1.29 is 14.4 Å². The molecular weight excluding hydrogens is 312 g/mol. The van der Waals surface area contributed by atoms with E-state index in [1.807, 2.05) is 6.07 Å². The highest BCUT2D eigenvalue weighted by Crippen LogP contribution is 2.24. The Balaban J connectivity index is 1.59. The third kappa shape index (κ3) is 2.56. The summed E-state index contributed by atoms with van der Waals surface area (Å²) in [4.78, 5) is 32.6. The van der Waals surface area contributed by atoms with Crippen molar-refractivity contribution >= 4 is 11.8 Å². The maximum Gasteiger partial charge on any atom is 0.272 e. The van der Waals surface area contributed by atoms with Gasteiger partial charge in [0.2, 0.25) is 0 Å². The number of amides is 2. The Morgan fingerprint density at radius 2 is 2.17 bits per heavy atom. The fraction of sp³-hybridized carbons (Fsp3) is 0.467. The molecule has 0 saturated carbocycles. The van der Waals surface area contributed by atoms with Crippen LogP contribution in [0.5, 0.6) is 0 Å². The van der Waals surface area contributed by atoms with Gasteiger partial charge in [0.05, 0.1) is 25.4 Å². The van der Waals surface area contributed by atoms with Gasteiger partial charge < -0.3 is 4.90 Å². The van der Waals surface area contributed by atoms with Crippen molar-refractivity contribution in [1.29, 1.82) is 0 Å². The van der Waals surface area contributed by atoms with E-state index in [-0.39, 0.29) is 18.4 Å². The van der Waals surface area contributed by atoms with Crippen LogP contribution in [0.2, 0.25) is 0 Å². The molecule has 1 fully saturated rings. The molecule has 2 aromatic heterocycles. The maximum atomic E-state index is 12.9. The number of hydrogen-bond donors (Lipinski definition) is 1. The van der Waals surface area contributed by atoms with Crippen molar-refractivity contribution in [1.82, 2.24) is 29.9 Å². The van der Waals surface area contributed by atoms with E-state index in [2.05, 4.69) is 15.3 Å². The van der Waals surface area contributed by atoms with Gasteiger partial charge in [0.15, 0.2) is 6.04 Å². The molecule has 0 aromatic carbocycles. The van der Waals surface area contributed by atoms with Gasteiger partial charge in [-0.25, -0.2) is 5.06 Å². The molecule has 9 heteroatoms. The summed E-state index contributed by atoms with van der Waals surface area (Å²) < 4.78 is 1.69. The molecule has 2 aliphatic rings. The van der Waals surface area contributed by atoms with Crippen LogP contribution in [-0.4, -0.2) is 61.5 Å². The lowest BCUT2D eigenvalue weighted by molar-refractivity contribution is -0.201. The van der Waals surface area contributed by atoms with Gasteiger partial charge in [-0.05, 0) is 25.0 Å². The smallest absolute Gasteiger partial charge is 0.272 e. The Bertz CT molecular complexity index is 734. The van der Waals surface area contributed by atoms with Crippen molar-refractivity contribution in [3.63, 3.8) is 0 Å². The average molecular weight is 330 g/mol. The van der Waals surface area contributed by atoms with Crippen LogP contribution in [0.15, 0.2) is 24.5 Å². The minimum Gasteiger partial charge on any atom is -0.329 e. The third-order valence-electron chi connectivity index (χ3n) is 4.35. The van der Waals surface area contributed by atoms with Gasteiger partial charge in [0.25, 0.3) is 11.8 Å². The number of rotatable bonds is 2. The van der Waals surface area contributed by atoms with Gasteiger partial charge in [-0.1, -0.05) is 0 Å². The molecule has 0 bridgehead atoms. The molecule has 4 heterocycles. The van der Waals surface area contributed by atoms with Crippen molar-refractivity contribution in [3.8, 4) is 0 Å². The monoisotopic (exact) mass is 330 g/mol. The summed E-state index contributed by atoms with van der Waals surface area (Å²) in [7, 11) is 0. The van der Waals surface area contributed by atoms with E-state index in [1.54, 1.807) is 21.8 Å². The molecule has 126 valence electrons. The van der Waals surface area contributed by atoms with Crippen molar-refractivity contribution in [3.05, 3.63) is 35.9 Å². The van der Waals surface area contributed by atoms with Crippen LogP contribution in [0.4, 0.5) is 0 Å².